The maximum absolute atomic E-state index is 12.4. The summed E-state index contributed by atoms with van der Waals surface area (Å²) in [6, 6.07) is 7.33. The number of aryl methyl sites for hydroxylation is 1. The number of nitrogens with one attached hydrogen (secondary N) is 1. The molecule has 0 atom stereocenters. The predicted octanol–water partition coefficient (Wildman–Crippen LogP) is 0.804. The minimum absolute atomic E-state index is 0.0155. The Hall–Kier alpha value is -2.37. The lowest BCUT2D eigenvalue weighted by molar-refractivity contribution is -0.139. The van der Waals surface area contributed by atoms with Gasteiger partial charge >= 0.3 is 0 Å². The molecule has 0 spiro atoms. The fourth-order valence-electron chi connectivity index (χ4n) is 2.47. The summed E-state index contributed by atoms with van der Waals surface area (Å²) < 4.78 is 0. The van der Waals surface area contributed by atoms with Gasteiger partial charge in [0.1, 0.15) is 6.54 Å². The third-order valence-corrected chi connectivity index (χ3v) is 3.69. The van der Waals surface area contributed by atoms with E-state index in [0.29, 0.717) is 18.7 Å². The van der Waals surface area contributed by atoms with Crippen molar-refractivity contribution >= 4 is 17.7 Å². The van der Waals surface area contributed by atoms with E-state index in [1.807, 2.05) is 32.9 Å². The van der Waals surface area contributed by atoms with Gasteiger partial charge in [-0.05, 0) is 32.9 Å². The summed E-state index contributed by atoms with van der Waals surface area (Å²) in [6.07, 6.45) is 0. The Morgan fingerprint density at radius 2 is 1.83 bits per heavy atom. The number of hydrogen-bond acceptors (Lipinski definition) is 3. The van der Waals surface area contributed by atoms with Gasteiger partial charge in [-0.25, -0.2) is 0 Å². The van der Waals surface area contributed by atoms with Crippen molar-refractivity contribution in [2.75, 3.05) is 26.2 Å². The molecule has 1 saturated heterocycles. The van der Waals surface area contributed by atoms with E-state index in [-0.39, 0.29) is 36.9 Å². The van der Waals surface area contributed by atoms with Gasteiger partial charge in [0.2, 0.25) is 11.8 Å². The molecule has 1 N–H and O–H groups in total. The first-order valence-corrected chi connectivity index (χ1v) is 7.80. The van der Waals surface area contributed by atoms with Gasteiger partial charge in [0.25, 0.3) is 5.91 Å². The predicted molar refractivity (Wildman–Crippen MR) is 86.9 cm³/mol. The molecule has 2 rings (SSSR count). The fourth-order valence-corrected chi connectivity index (χ4v) is 2.47. The van der Waals surface area contributed by atoms with Gasteiger partial charge in [0.05, 0.1) is 6.54 Å². The summed E-state index contributed by atoms with van der Waals surface area (Å²) in [5.41, 5.74) is 1.66. The Bertz CT molecular complexity index is 596. The molecule has 1 aromatic carbocycles. The molecule has 1 aliphatic rings. The van der Waals surface area contributed by atoms with Crippen LogP contribution >= 0.6 is 0 Å². The Balaban J connectivity index is 1.93. The molecule has 124 valence electrons. The summed E-state index contributed by atoms with van der Waals surface area (Å²) in [7, 11) is 0. The molecular formula is C17H23N3O3. The Kier molecular flexibility index (Phi) is 5.36. The van der Waals surface area contributed by atoms with Crippen molar-refractivity contribution in [3.8, 4) is 0 Å². The topological polar surface area (TPSA) is 69.7 Å². The molecule has 0 saturated carbocycles. The van der Waals surface area contributed by atoms with Crippen LogP contribution in [0.25, 0.3) is 0 Å². The SMILES string of the molecule is Cc1ccc(C(=O)N2CCN(CC(=O)NC(C)C)C(=O)C2)cc1. The lowest BCUT2D eigenvalue weighted by Gasteiger charge is -2.34. The van der Waals surface area contributed by atoms with E-state index in [9.17, 15) is 14.4 Å². The molecule has 0 aliphatic carbocycles. The van der Waals surface area contributed by atoms with Gasteiger partial charge in [-0.3, -0.25) is 14.4 Å². The molecule has 1 aromatic rings. The molecule has 0 aromatic heterocycles. The smallest absolute Gasteiger partial charge is 0.254 e. The highest BCUT2D eigenvalue weighted by Crippen LogP contribution is 2.10. The van der Waals surface area contributed by atoms with Crippen molar-refractivity contribution in [2.24, 2.45) is 0 Å². The average Bonchev–Trinajstić information content (AvgIpc) is 2.48. The van der Waals surface area contributed by atoms with Gasteiger partial charge < -0.3 is 15.1 Å². The number of nitrogens with zero attached hydrogens (tertiary/aromatic N) is 2. The number of benzene rings is 1. The number of amides is 3. The van der Waals surface area contributed by atoms with Crippen molar-refractivity contribution in [3.05, 3.63) is 35.4 Å². The first-order valence-electron chi connectivity index (χ1n) is 7.80. The van der Waals surface area contributed by atoms with Crippen LogP contribution in [-0.2, 0) is 9.59 Å². The van der Waals surface area contributed by atoms with Gasteiger partial charge in [0, 0.05) is 24.7 Å². The zero-order valence-corrected chi connectivity index (χ0v) is 13.8. The number of carbonyl (C=O) groups is 3. The maximum Gasteiger partial charge on any atom is 0.254 e. The van der Waals surface area contributed by atoms with Gasteiger partial charge in [-0.2, -0.15) is 0 Å². The minimum Gasteiger partial charge on any atom is -0.352 e. The lowest BCUT2D eigenvalue weighted by Crippen LogP contribution is -2.54. The normalized spacial score (nSPS) is 15.0. The standard InChI is InChI=1S/C17H23N3O3/c1-12(2)18-15(21)10-19-8-9-20(11-16(19)22)17(23)14-6-4-13(3)5-7-14/h4-7,12H,8-11H2,1-3H3,(H,18,21). The molecule has 1 aliphatic heterocycles. The van der Waals surface area contributed by atoms with Crippen molar-refractivity contribution in [1.29, 1.82) is 0 Å². The minimum atomic E-state index is -0.199. The van der Waals surface area contributed by atoms with Crippen LogP contribution in [0, 0.1) is 6.92 Å². The van der Waals surface area contributed by atoms with E-state index >= 15 is 0 Å². The van der Waals surface area contributed by atoms with Crippen molar-refractivity contribution < 1.29 is 14.4 Å². The number of hydrogen-bond donors (Lipinski definition) is 1. The van der Waals surface area contributed by atoms with E-state index in [1.54, 1.807) is 12.1 Å². The maximum atomic E-state index is 12.4. The second-order valence-corrected chi connectivity index (χ2v) is 6.13. The lowest BCUT2D eigenvalue weighted by atomic mass is 10.1. The van der Waals surface area contributed by atoms with E-state index in [2.05, 4.69) is 5.32 Å². The molecule has 1 fully saturated rings. The molecule has 6 heteroatoms. The molecule has 0 radical (unpaired) electrons. The van der Waals surface area contributed by atoms with Crippen LogP contribution in [0.4, 0.5) is 0 Å². The van der Waals surface area contributed by atoms with Gasteiger partial charge in [0.15, 0.2) is 0 Å². The molecule has 0 bridgehead atoms. The number of piperazine rings is 1. The van der Waals surface area contributed by atoms with Crippen LogP contribution in [0.5, 0.6) is 0 Å². The third kappa shape index (κ3) is 4.55. The van der Waals surface area contributed by atoms with Crippen LogP contribution in [0.3, 0.4) is 0 Å². The summed E-state index contributed by atoms with van der Waals surface area (Å²) in [5, 5.41) is 2.76. The molecule has 1 heterocycles. The molecule has 3 amide bonds. The van der Waals surface area contributed by atoms with Crippen molar-refractivity contribution in [3.63, 3.8) is 0 Å². The van der Waals surface area contributed by atoms with Gasteiger partial charge in [-0.1, -0.05) is 17.7 Å². The Labute approximate surface area is 136 Å². The molecule has 0 unspecified atom stereocenters. The zero-order valence-electron chi connectivity index (χ0n) is 13.8. The highest BCUT2D eigenvalue weighted by atomic mass is 16.2. The average molecular weight is 317 g/mol. The Morgan fingerprint density at radius 3 is 2.39 bits per heavy atom. The van der Waals surface area contributed by atoms with Crippen LogP contribution in [0.1, 0.15) is 29.8 Å². The highest BCUT2D eigenvalue weighted by molar-refractivity contribution is 5.97. The monoisotopic (exact) mass is 317 g/mol. The second-order valence-electron chi connectivity index (χ2n) is 6.13. The van der Waals surface area contributed by atoms with Crippen molar-refractivity contribution in [1.82, 2.24) is 15.1 Å². The first kappa shape index (κ1) is 17.0. The summed E-state index contributed by atoms with van der Waals surface area (Å²) in [5.74, 6) is -0.521. The van der Waals surface area contributed by atoms with Crippen LogP contribution in [0.2, 0.25) is 0 Å². The Morgan fingerprint density at radius 1 is 1.17 bits per heavy atom. The van der Waals surface area contributed by atoms with E-state index < -0.39 is 0 Å². The van der Waals surface area contributed by atoms with E-state index in [0.717, 1.165) is 5.56 Å². The highest BCUT2D eigenvalue weighted by Gasteiger charge is 2.28. The quantitative estimate of drug-likeness (QED) is 0.893. The molecule has 23 heavy (non-hydrogen) atoms. The van der Waals surface area contributed by atoms with Crippen LogP contribution in [0.15, 0.2) is 24.3 Å². The largest absolute Gasteiger partial charge is 0.352 e. The number of rotatable bonds is 4. The van der Waals surface area contributed by atoms with Gasteiger partial charge in [-0.15, -0.1) is 0 Å². The molecular weight excluding hydrogens is 294 g/mol. The number of carbonyl (C=O) groups excluding carboxylic acids is 3. The summed E-state index contributed by atoms with van der Waals surface area (Å²) >= 11 is 0. The second kappa shape index (κ2) is 7.26. The summed E-state index contributed by atoms with van der Waals surface area (Å²) in [4.78, 5) is 39.4. The van der Waals surface area contributed by atoms with Crippen LogP contribution in [-0.4, -0.2) is 59.7 Å². The zero-order chi connectivity index (χ0) is 17.0. The summed E-state index contributed by atoms with van der Waals surface area (Å²) in [6.45, 7) is 6.58. The third-order valence-electron chi connectivity index (χ3n) is 3.69. The molecule has 6 nitrogen and oxygen atoms in total. The fraction of sp³-hybridized carbons (Fsp3) is 0.471. The van der Waals surface area contributed by atoms with E-state index in [4.69, 9.17) is 0 Å². The first-order chi connectivity index (χ1) is 10.9. The van der Waals surface area contributed by atoms with Crippen molar-refractivity contribution in [2.45, 2.75) is 26.8 Å². The van der Waals surface area contributed by atoms with Crippen LogP contribution < -0.4 is 5.32 Å². The van der Waals surface area contributed by atoms with E-state index in [1.165, 1.54) is 9.80 Å².